The summed E-state index contributed by atoms with van der Waals surface area (Å²) in [5.74, 6) is -1.91. The van der Waals surface area contributed by atoms with Crippen LogP contribution in [0.15, 0.2) is 77.5 Å². The molecule has 38 heavy (non-hydrogen) atoms. The highest BCUT2D eigenvalue weighted by Gasteiger charge is 2.20. The van der Waals surface area contributed by atoms with Crippen molar-refractivity contribution in [3.8, 4) is 11.5 Å². The highest BCUT2D eigenvalue weighted by molar-refractivity contribution is 6.05. The minimum absolute atomic E-state index is 0.0692. The summed E-state index contributed by atoms with van der Waals surface area (Å²) in [6, 6.07) is 18.2. The van der Waals surface area contributed by atoms with Crippen LogP contribution in [0.1, 0.15) is 28.4 Å². The van der Waals surface area contributed by atoms with Crippen LogP contribution in [0.2, 0.25) is 0 Å². The average molecular weight is 518 g/mol. The maximum absolute atomic E-state index is 13.0. The van der Waals surface area contributed by atoms with E-state index in [0.29, 0.717) is 11.1 Å². The summed E-state index contributed by atoms with van der Waals surface area (Å²) >= 11 is 0. The number of nitrogens with one attached hydrogen (secondary N) is 2. The molecule has 196 valence electrons. The van der Waals surface area contributed by atoms with Crippen LogP contribution in [-0.4, -0.2) is 48.8 Å². The number of nitro groups is 1. The second-order valence-corrected chi connectivity index (χ2v) is 8.14. The van der Waals surface area contributed by atoms with Crippen molar-refractivity contribution in [3.63, 3.8) is 0 Å². The van der Waals surface area contributed by atoms with Gasteiger partial charge in [-0.2, -0.15) is 5.10 Å². The third-order valence-corrected chi connectivity index (χ3v) is 5.20. The molecular formula is C27H27N5O6. The standard InChI is InChI=1S/C27H27N5O6/c1-4-38-24-16-19(15-23(25(24)33)32(36)37)17-28-30-27(35)22(29-26(34)20-8-6-5-7-9-20)14-18-10-12-21(13-11-18)31(2)3/h5-17,33H,4H2,1-3H3,(H,29,34)(H,30,35)/b22-14-,28-17+. The zero-order valence-electron chi connectivity index (χ0n) is 21.0. The van der Waals surface area contributed by atoms with E-state index in [1.165, 1.54) is 12.1 Å². The number of nitro benzene ring substituents is 1. The monoisotopic (exact) mass is 517 g/mol. The van der Waals surface area contributed by atoms with Gasteiger partial charge in [0.05, 0.1) is 17.7 Å². The van der Waals surface area contributed by atoms with Crippen molar-refractivity contribution in [2.45, 2.75) is 6.92 Å². The van der Waals surface area contributed by atoms with Crippen LogP contribution in [-0.2, 0) is 4.79 Å². The van der Waals surface area contributed by atoms with Crippen LogP contribution >= 0.6 is 0 Å². The Kier molecular flexibility index (Phi) is 9.14. The van der Waals surface area contributed by atoms with E-state index in [9.17, 15) is 24.8 Å². The Bertz CT molecular complexity index is 1370. The predicted octanol–water partition coefficient (Wildman–Crippen LogP) is 3.69. The summed E-state index contributed by atoms with van der Waals surface area (Å²) in [4.78, 5) is 38.2. The lowest BCUT2D eigenvalue weighted by Crippen LogP contribution is -2.32. The van der Waals surface area contributed by atoms with Gasteiger partial charge < -0.3 is 20.1 Å². The van der Waals surface area contributed by atoms with Gasteiger partial charge in [-0.3, -0.25) is 19.7 Å². The Morgan fingerprint density at radius 2 is 1.76 bits per heavy atom. The van der Waals surface area contributed by atoms with E-state index >= 15 is 0 Å². The number of nitrogens with zero attached hydrogens (tertiary/aromatic N) is 3. The van der Waals surface area contributed by atoms with Gasteiger partial charge in [0.1, 0.15) is 5.70 Å². The van der Waals surface area contributed by atoms with Crippen molar-refractivity contribution in [2.24, 2.45) is 5.10 Å². The Balaban J connectivity index is 1.86. The minimum atomic E-state index is -0.755. The van der Waals surface area contributed by atoms with E-state index < -0.39 is 28.2 Å². The lowest BCUT2D eigenvalue weighted by atomic mass is 10.1. The fraction of sp³-hybridized carbons (Fsp3) is 0.148. The molecule has 3 rings (SSSR count). The van der Waals surface area contributed by atoms with Gasteiger partial charge in [-0.1, -0.05) is 30.3 Å². The normalized spacial score (nSPS) is 11.2. The van der Waals surface area contributed by atoms with E-state index in [-0.39, 0.29) is 23.6 Å². The molecule has 0 saturated heterocycles. The van der Waals surface area contributed by atoms with Crippen molar-refractivity contribution in [3.05, 3.63) is 99.2 Å². The van der Waals surface area contributed by atoms with Crippen molar-refractivity contribution < 1.29 is 24.4 Å². The Morgan fingerprint density at radius 3 is 2.37 bits per heavy atom. The number of rotatable bonds is 10. The molecule has 11 nitrogen and oxygen atoms in total. The van der Waals surface area contributed by atoms with Crippen LogP contribution in [0.25, 0.3) is 6.08 Å². The maximum atomic E-state index is 13.0. The second kappa shape index (κ2) is 12.7. The number of hydrogen-bond donors (Lipinski definition) is 3. The number of ether oxygens (including phenoxy) is 1. The van der Waals surface area contributed by atoms with Crippen molar-refractivity contribution in [2.75, 3.05) is 25.6 Å². The first kappa shape index (κ1) is 27.4. The van der Waals surface area contributed by atoms with Gasteiger partial charge >= 0.3 is 5.69 Å². The largest absolute Gasteiger partial charge is 0.500 e. The number of phenols is 1. The topological polar surface area (TPSA) is 146 Å². The molecule has 0 aliphatic carbocycles. The maximum Gasteiger partial charge on any atom is 0.315 e. The number of benzene rings is 3. The number of carbonyl (C=O) groups is 2. The Morgan fingerprint density at radius 1 is 1.08 bits per heavy atom. The van der Waals surface area contributed by atoms with E-state index in [0.717, 1.165) is 18.0 Å². The third-order valence-electron chi connectivity index (χ3n) is 5.20. The molecule has 0 aliphatic heterocycles. The van der Waals surface area contributed by atoms with Crippen LogP contribution in [0.4, 0.5) is 11.4 Å². The molecule has 0 bridgehead atoms. The molecule has 3 aromatic rings. The SMILES string of the molecule is CCOc1cc(/C=N/NC(=O)/C(=C/c2ccc(N(C)C)cc2)NC(=O)c2ccccc2)cc([N+](=O)[O-])c1O. The summed E-state index contributed by atoms with van der Waals surface area (Å²) in [7, 11) is 3.81. The number of amides is 2. The van der Waals surface area contributed by atoms with E-state index in [4.69, 9.17) is 4.74 Å². The first-order chi connectivity index (χ1) is 18.2. The van der Waals surface area contributed by atoms with E-state index in [1.54, 1.807) is 49.4 Å². The molecule has 0 spiro atoms. The number of hydrazone groups is 1. The lowest BCUT2D eigenvalue weighted by Gasteiger charge is -2.12. The average Bonchev–Trinajstić information content (AvgIpc) is 2.90. The molecule has 0 unspecified atom stereocenters. The number of hydrogen-bond acceptors (Lipinski definition) is 8. The first-order valence-corrected chi connectivity index (χ1v) is 11.5. The zero-order valence-corrected chi connectivity index (χ0v) is 21.0. The van der Waals surface area contributed by atoms with Gasteiger partial charge in [-0.05, 0) is 48.9 Å². The van der Waals surface area contributed by atoms with Gasteiger partial charge in [-0.15, -0.1) is 0 Å². The number of aromatic hydroxyl groups is 1. The number of phenolic OH excluding ortho intramolecular Hbond substituents is 1. The van der Waals surface area contributed by atoms with Crippen LogP contribution in [0.3, 0.4) is 0 Å². The van der Waals surface area contributed by atoms with Gasteiger partial charge in [0.2, 0.25) is 5.75 Å². The van der Waals surface area contributed by atoms with Crippen molar-refractivity contribution in [1.29, 1.82) is 0 Å². The van der Waals surface area contributed by atoms with Crippen molar-refractivity contribution in [1.82, 2.24) is 10.7 Å². The summed E-state index contributed by atoms with van der Waals surface area (Å²) in [6.07, 6.45) is 2.67. The van der Waals surface area contributed by atoms with Crippen molar-refractivity contribution >= 4 is 35.5 Å². The molecule has 0 heterocycles. The molecule has 0 radical (unpaired) electrons. The highest BCUT2D eigenvalue weighted by atomic mass is 16.6. The highest BCUT2D eigenvalue weighted by Crippen LogP contribution is 2.36. The smallest absolute Gasteiger partial charge is 0.315 e. The molecule has 0 saturated carbocycles. The molecular weight excluding hydrogens is 490 g/mol. The van der Waals surface area contributed by atoms with Crippen LogP contribution in [0.5, 0.6) is 11.5 Å². The molecule has 11 heteroatoms. The molecule has 0 fully saturated rings. The molecule has 3 aromatic carbocycles. The van der Waals surface area contributed by atoms with E-state index in [2.05, 4.69) is 15.8 Å². The Hall–Kier alpha value is -5.19. The third kappa shape index (κ3) is 7.17. The predicted molar refractivity (Wildman–Crippen MR) is 144 cm³/mol. The fourth-order valence-electron chi connectivity index (χ4n) is 3.30. The summed E-state index contributed by atoms with van der Waals surface area (Å²) in [5.41, 5.74) is 3.86. The molecule has 0 aliphatic rings. The first-order valence-electron chi connectivity index (χ1n) is 11.5. The molecule has 2 amide bonds. The van der Waals surface area contributed by atoms with Crippen LogP contribution in [0, 0.1) is 10.1 Å². The Labute approximate surface area is 219 Å². The minimum Gasteiger partial charge on any atom is -0.500 e. The number of carbonyl (C=O) groups excluding carboxylic acids is 2. The summed E-state index contributed by atoms with van der Waals surface area (Å²) in [6.45, 7) is 1.84. The van der Waals surface area contributed by atoms with E-state index in [1.807, 2.05) is 31.1 Å². The molecule has 3 N–H and O–H groups in total. The van der Waals surface area contributed by atoms with Gasteiger partial charge in [0.25, 0.3) is 11.8 Å². The van der Waals surface area contributed by atoms with Crippen LogP contribution < -0.4 is 20.4 Å². The summed E-state index contributed by atoms with van der Waals surface area (Å²) in [5, 5.41) is 27.8. The zero-order chi connectivity index (χ0) is 27.7. The second-order valence-electron chi connectivity index (χ2n) is 8.14. The molecule has 0 atom stereocenters. The summed E-state index contributed by atoms with van der Waals surface area (Å²) < 4.78 is 5.25. The number of anilines is 1. The molecule has 0 aromatic heterocycles. The van der Waals surface area contributed by atoms with Gasteiger partial charge in [0.15, 0.2) is 5.75 Å². The fourth-order valence-corrected chi connectivity index (χ4v) is 3.30. The quantitative estimate of drug-likeness (QED) is 0.161. The van der Waals surface area contributed by atoms with Gasteiger partial charge in [0, 0.05) is 37.0 Å². The lowest BCUT2D eigenvalue weighted by molar-refractivity contribution is -0.386. The van der Waals surface area contributed by atoms with Gasteiger partial charge in [-0.25, -0.2) is 5.43 Å².